The zero-order valence-corrected chi connectivity index (χ0v) is 14.7. The third-order valence-corrected chi connectivity index (χ3v) is 4.50. The maximum Gasteiger partial charge on any atom is 0.412 e. The third kappa shape index (κ3) is 3.29. The molecule has 0 saturated heterocycles. The van der Waals surface area contributed by atoms with Crippen LogP contribution in [0.5, 0.6) is 0 Å². The summed E-state index contributed by atoms with van der Waals surface area (Å²) in [5.74, 6) is -0.904. The minimum Gasteiger partial charge on any atom is -0.481 e. The Balaban J connectivity index is 2.31. The molecule has 1 amide bonds. The Morgan fingerprint density at radius 3 is 2.30 bits per heavy atom. The Labute approximate surface area is 141 Å². The van der Waals surface area contributed by atoms with Gasteiger partial charge in [0.25, 0.3) is 0 Å². The van der Waals surface area contributed by atoms with Gasteiger partial charge in [0.15, 0.2) is 0 Å². The van der Waals surface area contributed by atoms with E-state index >= 15 is 0 Å². The Morgan fingerprint density at radius 1 is 1.30 bits per heavy atom. The standard InChI is InChI=1S/C17H22ClNO4/c1-15(2,3)23-14(22)19-10-6-7-12(18)11(8-10)17(13(20)21)9-16(17,4)5/h6-8H,9H2,1-5H3,(H,19,22)(H,20,21). The van der Waals surface area contributed by atoms with Crippen molar-refractivity contribution in [1.29, 1.82) is 0 Å². The van der Waals surface area contributed by atoms with E-state index in [1.165, 1.54) is 0 Å². The molecule has 0 aromatic heterocycles. The molecule has 0 aliphatic heterocycles. The number of rotatable bonds is 3. The molecule has 1 aliphatic carbocycles. The summed E-state index contributed by atoms with van der Waals surface area (Å²) >= 11 is 6.23. The van der Waals surface area contributed by atoms with Crippen LogP contribution in [0.4, 0.5) is 10.5 Å². The highest BCUT2D eigenvalue weighted by Crippen LogP contribution is 2.65. The first kappa shape index (κ1) is 17.6. The molecule has 6 heteroatoms. The smallest absolute Gasteiger partial charge is 0.412 e. The third-order valence-electron chi connectivity index (χ3n) is 4.17. The highest BCUT2D eigenvalue weighted by molar-refractivity contribution is 6.32. The van der Waals surface area contributed by atoms with Gasteiger partial charge in [0.2, 0.25) is 0 Å². The number of hydrogen-bond donors (Lipinski definition) is 2. The van der Waals surface area contributed by atoms with Crippen molar-refractivity contribution >= 4 is 29.4 Å². The second-order valence-corrected chi connectivity index (χ2v) is 8.00. The minimum absolute atomic E-state index is 0.382. The highest BCUT2D eigenvalue weighted by atomic mass is 35.5. The zero-order chi connectivity index (χ0) is 17.6. The maximum absolute atomic E-state index is 11.9. The van der Waals surface area contributed by atoms with E-state index in [-0.39, 0.29) is 5.41 Å². The topological polar surface area (TPSA) is 75.6 Å². The van der Waals surface area contributed by atoms with Crippen molar-refractivity contribution in [2.45, 2.75) is 52.1 Å². The molecule has 1 aromatic carbocycles. The van der Waals surface area contributed by atoms with Gasteiger partial charge in [-0.1, -0.05) is 25.4 Å². The fraction of sp³-hybridized carbons (Fsp3) is 0.529. The quantitative estimate of drug-likeness (QED) is 0.853. The lowest BCUT2D eigenvalue weighted by molar-refractivity contribution is -0.141. The number of anilines is 1. The lowest BCUT2D eigenvalue weighted by atomic mass is 9.87. The molecule has 126 valence electrons. The summed E-state index contributed by atoms with van der Waals surface area (Å²) in [4.78, 5) is 23.7. The van der Waals surface area contributed by atoms with Crippen LogP contribution >= 0.6 is 11.6 Å². The van der Waals surface area contributed by atoms with E-state index in [1.54, 1.807) is 39.0 Å². The van der Waals surface area contributed by atoms with E-state index in [1.807, 2.05) is 13.8 Å². The Bertz CT molecular complexity index is 663. The molecule has 2 rings (SSSR count). The highest BCUT2D eigenvalue weighted by Gasteiger charge is 2.68. The molecule has 0 bridgehead atoms. The van der Waals surface area contributed by atoms with Gasteiger partial charge in [0.1, 0.15) is 5.60 Å². The van der Waals surface area contributed by atoms with Gasteiger partial charge in [-0.25, -0.2) is 4.79 Å². The summed E-state index contributed by atoms with van der Waals surface area (Å²) < 4.78 is 5.20. The van der Waals surface area contributed by atoms with Crippen molar-refractivity contribution in [2.24, 2.45) is 5.41 Å². The SMILES string of the molecule is CC(C)(C)OC(=O)Nc1ccc(Cl)c(C2(C(=O)O)CC2(C)C)c1. The molecule has 1 aromatic rings. The van der Waals surface area contributed by atoms with Crippen LogP contribution in [0.3, 0.4) is 0 Å². The van der Waals surface area contributed by atoms with Crippen LogP contribution in [0, 0.1) is 5.41 Å². The summed E-state index contributed by atoms with van der Waals surface area (Å²) in [5.41, 5.74) is -1.03. The number of ether oxygens (including phenoxy) is 1. The van der Waals surface area contributed by atoms with Gasteiger partial charge in [-0.3, -0.25) is 10.1 Å². The Hall–Kier alpha value is -1.75. The summed E-state index contributed by atoms with van der Waals surface area (Å²) in [6, 6.07) is 4.85. The number of nitrogens with one attached hydrogen (secondary N) is 1. The zero-order valence-electron chi connectivity index (χ0n) is 14.0. The average Bonchev–Trinajstić information content (AvgIpc) is 2.94. The van der Waals surface area contributed by atoms with E-state index in [4.69, 9.17) is 16.3 Å². The van der Waals surface area contributed by atoms with Gasteiger partial charge >= 0.3 is 12.1 Å². The predicted molar refractivity (Wildman–Crippen MR) is 89.0 cm³/mol. The van der Waals surface area contributed by atoms with Crippen molar-refractivity contribution in [1.82, 2.24) is 0 Å². The normalized spacial score (nSPS) is 22.3. The van der Waals surface area contributed by atoms with Gasteiger partial charge in [-0.2, -0.15) is 0 Å². The summed E-state index contributed by atoms with van der Waals surface area (Å²) in [6.07, 6.45) is -0.0875. The van der Waals surface area contributed by atoms with Crippen LogP contribution in [0.1, 0.15) is 46.6 Å². The number of hydrogen-bond acceptors (Lipinski definition) is 3. The second-order valence-electron chi connectivity index (χ2n) is 7.59. The van der Waals surface area contributed by atoms with Crippen LogP contribution in [-0.4, -0.2) is 22.8 Å². The van der Waals surface area contributed by atoms with Crippen molar-refractivity contribution < 1.29 is 19.4 Å². The molecule has 23 heavy (non-hydrogen) atoms. The molecule has 5 nitrogen and oxygen atoms in total. The van der Waals surface area contributed by atoms with Gasteiger partial charge in [-0.05, 0) is 56.4 Å². The van der Waals surface area contributed by atoms with Crippen molar-refractivity contribution in [3.8, 4) is 0 Å². The van der Waals surface area contributed by atoms with Crippen LogP contribution < -0.4 is 5.32 Å². The number of carboxylic acid groups (broad SMARTS) is 1. The first-order valence-corrected chi connectivity index (χ1v) is 7.80. The molecule has 2 N–H and O–H groups in total. The number of halogens is 1. The molecule has 1 atom stereocenters. The molecule has 1 fully saturated rings. The lowest BCUT2D eigenvalue weighted by Gasteiger charge is -2.21. The fourth-order valence-electron chi connectivity index (χ4n) is 2.91. The molecule has 1 saturated carbocycles. The van der Waals surface area contributed by atoms with Crippen LogP contribution in [-0.2, 0) is 14.9 Å². The van der Waals surface area contributed by atoms with Crippen molar-refractivity contribution in [3.63, 3.8) is 0 Å². The van der Waals surface area contributed by atoms with Gasteiger partial charge in [0.05, 0.1) is 5.41 Å². The first-order valence-electron chi connectivity index (χ1n) is 7.42. The molecule has 0 heterocycles. The fourth-order valence-corrected chi connectivity index (χ4v) is 3.19. The van der Waals surface area contributed by atoms with Crippen LogP contribution in [0.25, 0.3) is 0 Å². The number of amides is 1. The Morgan fingerprint density at radius 2 is 1.87 bits per heavy atom. The molecule has 1 unspecified atom stereocenters. The van der Waals surface area contributed by atoms with E-state index < -0.39 is 23.1 Å². The number of aliphatic carboxylic acids is 1. The first-order chi connectivity index (χ1) is 10.4. The molecule has 1 aliphatic rings. The number of benzene rings is 1. The summed E-state index contributed by atoms with van der Waals surface area (Å²) in [6.45, 7) is 9.10. The molecule has 0 radical (unpaired) electrons. The van der Waals surface area contributed by atoms with Crippen molar-refractivity contribution in [3.05, 3.63) is 28.8 Å². The average molecular weight is 340 g/mol. The van der Waals surface area contributed by atoms with E-state index in [0.717, 1.165) is 0 Å². The van der Waals surface area contributed by atoms with E-state index in [9.17, 15) is 14.7 Å². The van der Waals surface area contributed by atoms with Crippen molar-refractivity contribution in [2.75, 3.05) is 5.32 Å². The monoisotopic (exact) mass is 339 g/mol. The predicted octanol–water partition coefficient (Wildman–Crippen LogP) is 4.44. The van der Waals surface area contributed by atoms with Gasteiger partial charge < -0.3 is 9.84 Å². The van der Waals surface area contributed by atoms with E-state index in [0.29, 0.717) is 22.7 Å². The lowest BCUT2D eigenvalue weighted by Crippen LogP contribution is -2.28. The molecule has 0 spiro atoms. The Kier molecular flexibility index (Phi) is 4.14. The largest absolute Gasteiger partial charge is 0.481 e. The van der Waals surface area contributed by atoms with Gasteiger partial charge in [-0.15, -0.1) is 0 Å². The number of carbonyl (C=O) groups excluding carboxylic acids is 1. The number of carboxylic acids is 1. The second kappa shape index (κ2) is 5.41. The van der Waals surface area contributed by atoms with Gasteiger partial charge in [0, 0.05) is 10.7 Å². The molecular formula is C17H22ClNO4. The van der Waals surface area contributed by atoms with Crippen LogP contribution in [0.2, 0.25) is 5.02 Å². The molecular weight excluding hydrogens is 318 g/mol. The summed E-state index contributed by atoms with van der Waals surface area (Å²) in [5, 5.41) is 12.7. The summed E-state index contributed by atoms with van der Waals surface area (Å²) in [7, 11) is 0. The van der Waals surface area contributed by atoms with E-state index in [2.05, 4.69) is 5.32 Å². The van der Waals surface area contributed by atoms with Crippen LogP contribution in [0.15, 0.2) is 18.2 Å². The maximum atomic E-state index is 11.9. The number of carbonyl (C=O) groups is 2. The minimum atomic E-state index is -1.02.